The van der Waals surface area contributed by atoms with Gasteiger partial charge in [-0.15, -0.1) is 10.2 Å². The van der Waals surface area contributed by atoms with Crippen LogP contribution in [-0.4, -0.2) is 43.4 Å². The number of piperidine rings is 1. The Hall–Kier alpha value is -1.89. The summed E-state index contributed by atoms with van der Waals surface area (Å²) in [7, 11) is 0. The van der Waals surface area contributed by atoms with E-state index in [-0.39, 0.29) is 29.8 Å². The van der Waals surface area contributed by atoms with Crippen molar-refractivity contribution in [2.24, 2.45) is 0 Å². The molecule has 1 aromatic heterocycles. The molecule has 1 saturated carbocycles. The van der Waals surface area contributed by atoms with E-state index >= 15 is 0 Å². The quantitative estimate of drug-likeness (QED) is 0.590. The molecule has 0 spiro atoms. The van der Waals surface area contributed by atoms with E-state index in [2.05, 4.69) is 28.6 Å². The Morgan fingerprint density at radius 3 is 2.43 bits per heavy atom. The van der Waals surface area contributed by atoms with Gasteiger partial charge < -0.3 is 4.90 Å². The number of amides is 1. The number of rotatable bonds is 5. The van der Waals surface area contributed by atoms with Crippen LogP contribution in [0.4, 0.5) is 4.39 Å². The lowest BCUT2D eigenvalue weighted by atomic mass is 9.95. The van der Waals surface area contributed by atoms with Gasteiger partial charge in [0.1, 0.15) is 5.82 Å². The van der Waals surface area contributed by atoms with Crippen LogP contribution in [-0.2, 0) is 4.79 Å². The maximum absolute atomic E-state index is 14.5. The van der Waals surface area contributed by atoms with E-state index in [0.29, 0.717) is 17.1 Å². The van der Waals surface area contributed by atoms with E-state index in [4.69, 9.17) is 0 Å². The molecule has 162 valence electrons. The van der Waals surface area contributed by atoms with Gasteiger partial charge in [-0.05, 0) is 58.1 Å². The minimum Gasteiger partial charge on any atom is -0.337 e. The highest BCUT2D eigenvalue weighted by atomic mass is 32.2. The standard InChI is InChI=1S/C23H31FN4OS/c1-16-9-8-10-17(2)27(16)21(29)15-30-23-26-25-22(19-13-6-7-14-20(19)24)28(23)18-11-4-3-5-12-18/h6-7,13-14,16-18H,3-5,8-12,15H2,1-2H3. The van der Waals surface area contributed by atoms with Gasteiger partial charge in [-0.2, -0.15) is 0 Å². The van der Waals surface area contributed by atoms with Crippen molar-refractivity contribution < 1.29 is 9.18 Å². The summed E-state index contributed by atoms with van der Waals surface area (Å²) in [4.78, 5) is 15.0. The molecule has 1 saturated heterocycles. The van der Waals surface area contributed by atoms with E-state index in [0.717, 1.165) is 43.7 Å². The first-order valence-corrected chi connectivity index (χ1v) is 12.2. The third kappa shape index (κ3) is 4.41. The van der Waals surface area contributed by atoms with Gasteiger partial charge in [-0.3, -0.25) is 9.36 Å². The Bertz CT molecular complexity index is 870. The summed E-state index contributed by atoms with van der Waals surface area (Å²) in [6, 6.07) is 7.57. The zero-order valence-corrected chi connectivity index (χ0v) is 18.7. The Morgan fingerprint density at radius 1 is 1.03 bits per heavy atom. The molecule has 2 atom stereocenters. The summed E-state index contributed by atoms with van der Waals surface area (Å²) in [5, 5.41) is 9.50. The topological polar surface area (TPSA) is 51.0 Å². The van der Waals surface area contributed by atoms with Gasteiger partial charge >= 0.3 is 0 Å². The van der Waals surface area contributed by atoms with Crippen molar-refractivity contribution in [1.82, 2.24) is 19.7 Å². The average molecular weight is 431 g/mol. The minimum atomic E-state index is -0.287. The zero-order valence-electron chi connectivity index (χ0n) is 17.9. The Kier molecular flexibility index (Phi) is 6.76. The fourth-order valence-electron chi connectivity index (χ4n) is 4.98. The van der Waals surface area contributed by atoms with Gasteiger partial charge in [0.25, 0.3) is 0 Å². The lowest BCUT2D eigenvalue weighted by Crippen LogP contribution is -2.48. The third-order valence-electron chi connectivity index (χ3n) is 6.53. The van der Waals surface area contributed by atoms with Crippen molar-refractivity contribution in [3.63, 3.8) is 0 Å². The maximum atomic E-state index is 14.5. The van der Waals surface area contributed by atoms with Gasteiger partial charge in [0.15, 0.2) is 11.0 Å². The summed E-state index contributed by atoms with van der Waals surface area (Å²) >= 11 is 1.44. The first-order chi connectivity index (χ1) is 14.6. The molecule has 2 aliphatic rings. The van der Waals surface area contributed by atoms with Crippen molar-refractivity contribution in [3.05, 3.63) is 30.1 Å². The molecule has 2 heterocycles. The predicted octanol–water partition coefficient (Wildman–Crippen LogP) is 5.47. The van der Waals surface area contributed by atoms with E-state index in [1.165, 1.54) is 30.7 Å². The summed E-state index contributed by atoms with van der Waals surface area (Å²) in [5.41, 5.74) is 0.479. The number of aromatic nitrogens is 3. The largest absolute Gasteiger partial charge is 0.337 e. The molecule has 0 bridgehead atoms. The first-order valence-electron chi connectivity index (χ1n) is 11.2. The molecule has 7 heteroatoms. The van der Waals surface area contributed by atoms with Gasteiger partial charge in [0.05, 0.1) is 11.3 Å². The van der Waals surface area contributed by atoms with Crippen LogP contribution in [0.3, 0.4) is 0 Å². The summed E-state index contributed by atoms with van der Waals surface area (Å²) in [6.07, 6.45) is 8.95. The van der Waals surface area contributed by atoms with Crippen LogP contribution >= 0.6 is 11.8 Å². The molecule has 2 unspecified atom stereocenters. The maximum Gasteiger partial charge on any atom is 0.233 e. The van der Waals surface area contributed by atoms with Crippen LogP contribution < -0.4 is 0 Å². The molecule has 2 fully saturated rings. The second-order valence-corrected chi connectivity index (χ2v) is 9.61. The Balaban J connectivity index is 1.58. The van der Waals surface area contributed by atoms with E-state index in [1.807, 2.05) is 11.0 Å². The summed E-state index contributed by atoms with van der Waals surface area (Å²) in [6.45, 7) is 4.28. The summed E-state index contributed by atoms with van der Waals surface area (Å²) in [5.74, 6) is 0.794. The lowest BCUT2D eigenvalue weighted by Gasteiger charge is -2.39. The Labute approximate surface area is 182 Å². The average Bonchev–Trinajstić information content (AvgIpc) is 3.17. The number of thioether (sulfide) groups is 1. The number of halogens is 1. The van der Waals surface area contributed by atoms with Gasteiger partial charge in [-0.25, -0.2) is 4.39 Å². The fourth-order valence-corrected chi connectivity index (χ4v) is 5.86. The van der Waals surface area contributed by atoms with Crippen molar-refractivity contribution in [3.8, 4) is 11.4 Å². The fraction of sp³-hybridized carbons (Fsp3) is 0.609. The van der Waals surface area contributed by atoms with Crippen molar-refractivity contribution in [1.29, 1.82) is 0 Å². The molecular formula is C23H31FN4OS. The molecule has 4 rings (SSSR count). The van der Waals surface area contributed by atoms with Crippen LogP contribution in [0, 0.1) is 5.82 Å². The van der Waals surface area contributed by atoms with E-state index in [9.17, 15) is 9.18 Å². The van der Waals surface area contributed by atoms with Crippen molar-refractivity contribution in [2.45, 2.75) is 88.5 Å². The Morgan fingerprint density at radius 2 is 1.73 bits per heavy atom. The molecular weight excluding hydrogens is 399 g/mol. The van der Waals surface area contributed by atoms with Crippen LogP contribution in [0.1, 0.15) is 71.3 Å². The van der Waals surface area contributed by atoms with Crippen LogP contribution in [0.25, 0.3) is 11.4 Å². The molecule has 0 N–H and O–H groups in total. The molecule has 1 aliphatic heterocycles. The van der Waals surface area contributed by atoms with Crippen LogP contribution in [0.2, 0.25) is 0 Å². The van der Waals surface area contributed by atoms with Gasteiger partial charge in [0, 0.05) is 18.1 Å². The lowest BCUT2D eigenvalue weighted by molar-refractivity contribution is -0.134. The number of hydrogen-bond acceptors (Lipinski definition) is 4. The smallest absolute Gasteiger partial charge is 0.233 e. The third-order valence-corrected chi connectivity index (χ3v) is 7.45. The second-order valence-electron chi connectivity index (χ2n) is 8.67. The molecule has 1 aliphatic carbocycles. The number of likely N-dealkylation sites (tertiary alicyclic amines) is 1. The molecule has 0 radical (unpaired) electrons. The first kappa shape index (κ1) is 21.3. The molecule has 5 nitrogen and oxygen atoms in total. The highest BCUT2D eigenvalue weighted by molar-refractivity contribution is 7.99. The van der Waals surface area contributed by atoms with Crippen molar-refractivity contribution >= 4 is 17.7 Å². The molecule has 1 amide bonds. The monoisotopic (exact) mass is 430 g/mol. The van der Waals surface area contributed by atoms with Crippen LogP contribution in [0.15, 0.2) is 29.4 Å². The highest BCUT2D eigenvalue weighted by Gasteiger charge is 2.30. The predicted molar refractivity (Wildman–Crippen MR) is 118 cm³/mol. The molecule has 30 heavy (non-hydrogen) atoms. The number of carbonyl (C=O) groups excluding carboxylic acids is 1. The van der Waals surface area contributed by atoms with E-state index in [1.54, 1.807) is 12.1 Å². The second kappa shape index (κ2) is 9.50. The SMILES string of the molecule is CC1CCCC(C)N1C(=O)CSc1nnc(-c2ccccc2F)n1C1CCCCC1. The van der Waals surface area contributed by atoms with E-state index < -0.39 is 0 Å². The van der Waals surface area contributed by atoms with Gasteiger partial charge in [0.2, 0.25) is 5.91 Å². The highest BCUT2D eigenvalue weighted by Crippen LogP contribution is 2.36. The normalized spacial score (nSPS) is 23.0. The van der Waals surface area contributed by atoms with Crippen molar-refractivity contribution in [2.75, 3.05) is 5.75 Å². The minimum absolute atomic E-state index is 0.158. The van der Waals surface area contributed by atoms with Gasteiger partial charge in [-0.1, -0.05) is 43.2 Å². The number of carbonyl (C=O) groups is 1. The number of nitrogens with zero attached hydrogens (tertiary/aromatic N) is 4. The van der Waals surface area contributed by atoms with Crippen LogP contribution in [0.5, 0.6) is 0 Å². The zero-order chi connectivity index (χ0) is 21.1. The number of hydrogen-bond donors (Lipinski definition) is 0. The number of benzene rings is 1. The molecule has 2 aromatic rings. The molecule has 1 aromatic carbocycles. The summed E-state index contributed by atoms with van der Waals surface area (Å²) < 4.78 is 16.6.